The summed E-state index contributed by atoms with van der Waals surface area (Å²) in [5.41, 5.74) is 2.11. The molecule has 2 aromatic rings. The molecule has 0 N–H and O–H groups in total. The van der Waals surface area contributed by atoms with Crippen molar-refractivity contribution in [2.24, 2.45) is 0 Å². The van der Waals surface area contributed by atoms with Gasteiger partial charge in [0.1, 0.15) is 11.5 Å². The Morgan fingerprint density at radius 3 is 2.17 bits per heavy atom. The number of unbranched alkanes of at least 4 members (excludes halogenated alkanes) is 2. The molecule has 0 saturated heterocycles. The van der Waals surface area contributed by atoms with Gasteiger partial charge in [-0.1, -0.05) is 43.5 Å². The molecule has 0 radical (unpaired) electrons. The van der Waals surface area contributed by atoms with Crippen molar-refractivity contribution in [3.05, 3.63) is 35.4 Å². The third-order valence-corrected chi connectivity index (χ3v) is 5.15. The zero-order chi connectivity index (χ0) is 22.1. The molecule has 166 valence electrons. The van der Waals surface area contributed by atoms with Crippen LogP contribution in [0.3, 0.4) is 0 Å². The summed E-state index contributed by atoms with van der Waals surface area (Å²) in [6.07, 6.45) is 6.00. The molecule has 0 saturated carbocycles. The first-order valence-electron chi connectivity index (χ1n) is 10.6. The van der Waals surface area contributed by atoms with Gasteiger partial charge in [0.15, 0.2) is 11.5 Å². The maximum absolute atomic E-state index is 6.38. The molecule has 1 unspecified atom stereocenters. The third-order valence-electron chi connectivity index (χ3n) is 5.15. The molecule has 0 heterocycles. The lowest BCUT2D eigenvalue weighted by molar-refractivity contribution is 0.0485. The number of hydrogen-bond acceptors (Lipinski definition) is 5. The highest BCUT2D eigenvalue weighted by molar-refractivity contribution is 6.01. The van der Waals surface area contributed by atoms with Gasteiger partial charge in [0.05, 0.1) is 45.5 Å². The van der Waals surface area contributed by atoms with E-state index in [1.54, 1.807) is 28.4 Å². The molecular formula is C25H36O5. The van der Waals surface area contributed by atoms with Crippen LogP contribution < -0.4 is 18.9 Å². The molecule has 30 heavy (non-hydrogen) atoms. The second kappa shape index (κ2) is 11.7. The Morgan fingerprint density at radius 1 is 0.900 bits per heavy atom. The van der Waals surface area contributed by atoms with Gasteiger partial charge in [-0.25, -0.2) is 0 Å². The number of methoxy groups -OCH3 is 4. The van der Waals surface area contributed by atoms with Gasteiger partial charge in [0, 0.05) is 12.0 Å². The van der Waals surface area contributed by atoms with E-state index in [0.29, 0.717) is 23.9 Å². The fourth-order valence-electron chi connectivity index (χ4n) is 3.71. The minimum atomic E-state index is -0.217. The predicted octanol–water partition coefficient (Wildman–Crippen LogP) is 6.48. The molecule has 1 atom stereocenters. The smallest absolute Gasteiger partial charge is 0.172 e. The largest absolute Gasteiger partial charge is 0.496 e. The minimum absolute atomic E-state index is 0.217. The van der Waals surface area contributed by atoms with Crippen LogP contribution in [0.4, 0.5) is 0 Å². The first kappa shape index (κ1) is 23.9. The number of allylic oxidation sites excluding steroid dienone is 1. The lowest BCUT2D eigenvalue weighted by Gasteiger charge is -2.26. The van der Waals surface area contributed by atoms with Gasteiger partial charge >= 0.3 is 0 Å². The fourth-order valence-corrected chi connectivity index (χ4v) is 3.71. The molecule has 2 aromatic carbocycles. The zero-order valence-corrected chi connectivity index (χ0v) is 19.5. The van der Waals surface area contributed by atoms with Crippen molar-refractivity contribution in [2.75, 3.05) is 35.0 Å². The number of ether oxygens (including phenoxy) is 5. The molecule has 5 nitrogen and oxygen atoms in total. The molecule has 0 amide bonds. The maximum Gasteiger partial charge on any atom is 0.172 e. The predicted molar refractivity (Wildman–Crippen MR) is 122 cm³/mol. The molecule has 0 aliphatic rings. The summed E-state index contributed by atoms with van der Waals surface area (Å²) < 4.78 is 29.6. The van der Waals surface area contributed by atoms with E-state index in [-0.39, 0.29) is 6.10 Å². The number of rotatable bonds is 12. The molecule has 0 spiro atoms. The van der Waals surface area contributed by atoms with Gasteiger partial charge < -0.3 is 23.7 Å². The van der Waals surface area contributed by atoms with Crippen molar-refractivity contribution in [1.82, 2.24) is 0 Å². The average molecular weight is 417 g/mol. The van der Waals surface area contributed by atoms with Crippen molar-refractivity contribution in [3.63, 3.8) is 0 Å². The summed E-state index contributed by atoms with van der Waals surface area (Å²) >= 11 is 0. The number of fused-ring (bicyclic) bond motifs is 1. The van der Waals surface area contributed by atoms with Crippen molar-refractivity contribution >= 4 is 10.8 Å². The van der Waals surface area contributed by atoms with Crippen LogP contribution in [0.25, 0.3) is 10.8 Å². The van der Waals surface area contributed by atoms with Crippen LogP contribution in [0.5, 0.6) is 23.0 Å². The summed E-state index contributed by atoms with van der Waals surface area (Å²) in [6, 6.07) is 5.87. The maximum atomic E-state index is 6.38. The quantitative estimate of drug-likeness (QED) is 0.293. The van der Waals surface area contributed by atoms with E-state index in [0.717, 1.165) is 47.8 Å². The Morgan fingerprint density at radius 2 is 1.60 bits per heavy atom. The Hall–Kier alpha value is -2.40. The van der Waals surface area contributed by atoms with Gasteiger partial charge in [-0.2, -0.15) is 0 Å². The van der Waals surface area contributed by atoms with Crippen molar-refractivity contribution < 1.29 is 23.7 Å². The highest BCUT2D eigenvalue weighted by atomic mass is 16.5. The monoisotopic (exact) mass is 416 g/mol. The Balaban J connectivity index is 2.75. The molecule has 0 aliphatic carbocycles. The minimum Gasteiger partial charge on any atom is -0.496 e. The van der Waals surface area contributed by atoms with Crippen molar-refractivity contribution in [2.45, 2.75) is 52.6 Å². The van der Waals surface area contributed by atoms with Gasteiger partial charge in [0.2, 0.25) is 0 Å². The SMILES string of the molecule is CCCCCOC(CC=C(C)C)c1c(OC)c(OC)c2c(OC)cccc2c1OC. The molecular weight excluding hydrogens is 380 g/mol. The van der Waals surface area contributed by atoms with E-state index in [9.17, 15) is 0 Å². The standard InChI is InChI=1S/C25H36O5/c1-8-9-10-16-30-20(15-14-17(2)3)22-23(27-5)18-12-11-13-19(26-4)21(18)24(28-6)25(22)29-7/h11-14,20H,8-10,15-16H2,1-7H3. The van der Waals surface area contributed by atoms with Crippen LogP contribution in [-0.4, -0.2) is 35.0 Å². The van der Waals surface area contributed by atoms with E-state index < -0.39 is 0 Å². The molecule has 2 rings (SSSR count). The third kappa shape index (κ3) is 5.20. The van der Waals surface area contributed by atoms with Crippen LogP contribution in [0.2, 0.25) is 0 Å². The lowest BCUT2D eigenvalue weighted by Crippen LogP contribution is -2.11. The molecule has 0 bridgehead atoms. The fraction of sp³-hybridized carbons (Fsp3) is 0.520. The van der Waals surface area contributed by atoms with Crippen molar-refractivity contribution in [3.8, 4) is 23.0 Å². The average Bonchev–Trinajstić information content (AvgIpc) is 2.76. The molecule has 5 heteroatoms. The first-order valence-corrected chi connectivity index (χ1v) is 10.6. The van der Waals surface area contributed by atoms with E-state index in [1.807, 2.05) is 18.2 Å². The number of benzene rings is 2. The van der Waals surface area contributed by atoms with Crippen LogP contribution >= 0.6 is 0 Å². The van der Waals surface area contributed by atoms with E-state index in [1.165, 1.54) is 5.57 Å². The normalized spacial score (nSPS) is 11.8. The zero-order valence-electron chi connectivity index (χ0n) is 19.5. The molecule has 0 aromatic heterocycles. The van der Waals surface area contributed by atoms with Crippen LogP contribution in [0.15, 0.2) is 29.8 Å². The Labute approximate surface area is 180 Å². The van der Waals surface area contributed by atoms with E-state index in [4.69, 9.17) is 23.7 Å². The van der Waals surface area contributed by atoms with E-state index in [2.05, 4.69) is 26.8 Å². The van der Waals surface area contributed by atoms with Crippen LogP contribution in [-0.2, 0) is 4.74 Å². The van der Waals surface area contributed by atoms with Gasteiger partial charge in [-0.3, -0.25) is 0 Å². The van der Waals surface area contributed by atoms with Crippen molar-refractivity contribution in [1.29, 1.82) is 0 Å². The molecule has 0 aliphatic heterocycles. The van der Waals surface area contributed by atoms with Gasteiger partial charge in [-0.05, 0) is 32.8 Å². The highest BCUT2D eigenvalue weighted by Crippen LogP contribution is 2.52. The van der Waals surface area contributed by atoms with E-state index >= 15 is 0 Å². The topological polar surface area (TPSA) is 46.2 Å². The summed E-state index contributed by atoms with van der Waals surface area (Å²) in [5, 5.41) is 1.73. The van der Waals surface area contributed by atoms with Crippen LogP contribution in [0, 0.1) is 0 Å². The van der Waals surface area contributed by atoms with Gasteiger partial charge in [0.25, 0.3) is 0 Å². The summed E-state index contributed by atoms with van der Waals surface area (Å²) in [4.78, 5) is 0. The second-order valence-electron chi connectivity index (χ2n) is 7.48. The summed E-state index contributed by atoms with van der Waals surface area (Å²) in [6.45, 7) is 7.05. The lowest BCUT2D eigenvalue weighted by atomic mass is 9.96. The van der Waals surface area contributed by atoms with Crippen LogP contribution in [0.1, 0.15) is 58.1 Å². The molecule has 0 fully saturated rings. The number of hydrogen-bond donors (Lipinski definition) is 0. The first-order chi connectivity index (χ1) is 14.5. The Bertz CT molecular complexity index is 852. The Kier molecular flexibility index (Phi) is 9.31. The second-order valence-corrected chi connectivity index (χ2v) is 7.48. The summed E-state index contributed by atoms with van der Waals surface area (Å²) in [7, 11) is 6.62. The summed E-state index contributed by atoms with van der Waals surface area (Å²) in [5.74, 6) is 2.68. The van der Waals surface area contributed by atoms with Gasteiger partial charge in [-0.15, -0.1) is 0 Å². The highest BCUT2D eigenvalue weighted by Gasteiger charge is 2.29.